The molecule has 10 nitrogen and oxygen atoms in total. The highest BCUT2D eigenvalue weighted by atomic mass is 31.2. The van der Waals surface area contributed by atoms with E-state index in [1.54, 1.807) is 6.08 Å². The molecular formula is C45H84NO9P. The van der Waals surface area contributed by atoms with Gasteiger partial charge in [-0.2, -0.15) is 0 Å². The molecule has 0 saturated carbocycles. The fourth-order valence-electron chi connectivity index (χ4n) is 6.38. The summed E-state index contributed by atoms with van der Waals surface area (Å²) in [5.74, 6) is -0.795. The second kappa shape index (κ2) is 41.3. The maximum absolute atomic E-state index is 12.6. The van der Waals surface area contributed by atoms with Crippen LogP contribution in [-0.2, 0) is 37.5 Å². The molecule has 3 N–H and O–H groups in total. The number of allylic oxidation sites excluding steroid dienone is 4. The summed E-state index contributed by atoms with van der Waals surface area (Å²) in [4.78, 5) is 46.9. The molecule has 0 bridgehead atoms. The highest BCUT2D eigenvalue weighted by Crippen LogP contribution is 2.43. The number of hydrogen-bond donors (Lipinski definition) is 2. The van der Waals surface area contributed by atoms with E-state index in [4.69, 9.17) is 24.3 Å². The summed E-state index contributed by atoms with van der Waals surface area (Å²) in [5.41, 5.74) is 5.34. The van der Waals surface area contributed by atoms with Crippen LogP contribution in [0.25, 0.3) is 0 Å². The van der Waals surface area contributed by atoms with E-state index in [1.807, 2.05) is 12.2 Å². The van der Waals surface area contributed by atoms with Gasteiger partial charge < -0.3 is 20.1 Å². The van der Waals surface area contributed by atoms with Crippen LogP contribution >= 0.6 is 7.82 Å². The van der Waals surface area contributed by atoms with Crippen molar-refractivity contribution in [3.63, 3.8) is 0 Å². The molecule has 0 spiro atoms. The van der Waals surface area contributed by atoms with Crippen LogP contribution in [0.2, 0.25) is 0 Å². The summed E-state index contributed by atoms with van der Waals surface area (Å²) >= 11 is 0. The van der Waals surface area contributed by atoms with Crippen LogP contribution in [0.4, 0.5) is 0 Å². The third-order valence-electron chi connectivity index (χ3n) is 9.82. The Kier molecular flexibility index (Phi) is 40.0. The zero-order chi connectivity index (χ0) is 41.2. The molecule has 0 heterocycles. The minimum absolute atomic E-state index is 0.0353. The molecule has 0 aliphatic heterocycles. The Balaban J connectivity index is 4.15. The van der Waals surface area contributed by atoms with Gasteiger partial charge in [-0.1, -0.05) is 180 Å². The monoisotopic (exact) mass is 814 g/mol. The molecule has 0 aromatic heterocycles. The molecule has 0 aliphatic rings. The molecule has 0 saturated heterocycles. The molecule has 0 aliphatic carbocycles. The van der Waals surface area contributed by atoms with Crippen LogP contribution in [-0.4, -0.2) is 55.1 Å². The Bertz CT molecular complexity index is 1040. The lowest BCUT2D eigenvalue weighted by Gasteiger charge is -2.19. The van der Waals surface area contributed by atoms with Gasteiger partial charge in [0, 0.05) is 25.8 Å². The number of esters is 2. The van der Waals surface area contributed by atoms with Gasteiger partial charge in [0.2, 0.25) is 0 Å². The van der Waals surface area contributed by atoms with Crippen LogP contribution in [0.3, 0.4) is 0 Å². The van der Waals surface area contributed by atoms with Crippen LogP contribution < -0.4 is 5.73 Å². The smallest absolute Gasteiger partial charge is 0.462 e. The number of ether oxygens (including phenoxy) is 2. The summed E-state index contributed by atoms with van der Waals surface area (Å²) in [6.07, 6.45) is 40.3. The van der Waals surface area contributed by atoms with E-state index in [-0.39, 0.29) is 38.4 Å². The van der Waals surface area contributed by atoms with Gasteiger partial charge in [0.15, 0.2) is 11.9 Å². The van der Waals surface area contributed by atoms with Crippen LogP contribution in [0.5, 0.6) is 0 Å². The van der Waals surface area contributed by atoms with E-state index in [1.165, 1.54) is 122 Å². The predicted molar refractivity (Wildman–Crippen MR) is 229 cm³/mol. The molecule has 328 valence electrons. The van der Waals surface area contributed by atoms with Crippen molar-refractivity contribution in [3.05, 3.63) is 24.3 Å². The van der Waals surface area contributed by atoms with E-state index >= 15 is 0 Å². The summed E-state index contributed by atoms with van der Waals surface area (Å²) in [7, 11) is -4.41. The molecule has 1 unspecified atom stereocenters. The number of unbranched alkanes of at least 4 members (excludes halogenated alkanes) is 25. The zero-order valence-electron chi connectivity index (χ0n) is 35.9. The van der Waals surface area contributed by atoms with Gasteiger partial charge >= 0.3 is 19.8 Å². The lowest BCUT2D eigenvalue weighted by Crippen LogP contribution is -2.29. The van der Waals surface area contributed by atoms with E-state index in [0.29, 0.717) is 12.8 Å². The fraction of sp³-hybridized carbons (Fsp3) is 0.844. The molecule has 0 aromatic rings. The zero-order valence-corrected chi connectivity index (χ0v) is 36.8. The molecule has 0 aromatic carbocycles. The van der Waals surface area contributed by atoms with E-state index in [2.05, 4.69) is 19.9 Å². The first-order valence-electron chi connectivity index (χ1n) is 22.8. The SMILES string of the molecule is CCCCC/C=C\C=C\C(=O)CCCCCCCC(=O)O[C@H](COC(=O)CCCCCCCCCCCCCCCCCCCCC)COP(=O)(O)OCCN. The third-order valence-corrected chi connectivity index (χ3v) is 10.8. The summed E-state index contributed by atoms with van der Waals surface area (Å²) in [6, 6.07) is 0. The van der Waals surface area contributed by atoms with Gasteiger partial charge in [0.05, 0.1) is 13.2 Å². The van der Waals surface area contributed by atoms with Crippen molar-refractivity contribution < 1.29 is 42.4 Å². The topological polar surface area (TPSA) is 151 Å². The number of nitrogens with two attached hydrogens (primary N) is 1. The Hall–Kier alpha value is -1.84. The third kappa shape index (κ3) is 40.4. The van der Waals surface area contributed by atoms with Crippen molar-refractivity contribution >= 4 is 25.5 Å². The number of carbonyl (C=O) groups excluding carboxylic acids is 3. The lowest BCUT2D eigenvalue weighted by atomic mass is 10.0. The van der Waals surface area contributed by atoms with Crippen LogP contribution in [0.15, 0.2) is 24.3 Å². The first-order valence-corrected chi connectivity index (χ1v) is 24.3. The Morgan fingerprint density at radius 1 is 0.571 bits per heavy atom. The van der Waals surface area contributed by atoms with Crippen molar-refractivity contribution in [2.24, 2.45) is 5.73 Å². The second-order valence-electron chi connectivity index (χ2n) is 15.3. The summed E-state index contributed by atoms with van der Waals surface area (Å²) in [5, 5.41) is 0. The van der Waals surface area contributed by atoms with Gasteiger partial charge in [-0.15, -0.1) is 0 Å². The average Bonchev–Trinajstić information content (AvgIpc) is 3.18. The van der Waals surface area contributed by atoms with Gasteiger partial charge in [-0.25, -0.2) is 4.57 Å². The molecule has 0 amide bonds. The Morgan fingerprint density at radius 3 is 1.52 bits per heavy atom. The minimum Gasteiger partial charge on any atom is -0.462 e. The summed E-state index contributed by atoms with van der Waals surface area (Å²) < 4.78 is 32.7. The molecule has 0 radical (unpaired) electrons. The average molecular weight is 814 g/mol. The van der Waals surface area contributed by atoms with Gasteiger partial charge in [0.1, 0.15) is 6.61 Å². The lowest BCUT2D eigenvalue weighted by molar-refractivity contribution is -0.161. The van der Waals surface area contributed by atoms with E-state index < -0.39 is 32.5 Å². The number of ketones is 1. The van der Waals surface area contributed by atoms with Gasteiger partial charge in [-0.05, 0) is 38.2 Å². The van der Waals surface area contributed by atoms with Gasteiger partial charge in [-0.3, -0.25) is 23.4 Å². The van der Waals surface area contributed by atoms with Crippen molar-refractivity contribution in [1.82, 2.24) is 0 Å². The Morgan fingerprint density at radius 2 is 1.02 bits per heavy atom. The number of carbonyl (C=O) groups is 3. The maximum atomic E-state index is 12.6. The van der Waals surface area contributed by atoms with E-state index in [0.717, 1.165) is 51.4 Å². The largest absolute Gasteiger partial charge is 0.472 e. The number of rotatable bonds is 43. The second-order valence-corrected chi connectivity index (χ2v) is 16.8. The normalized spacial score (nSPS) is 13.4. The number of phosphoric ester groups is 1. The molecule has 11 heteroatoms. The highest BCUT2D eigenvalue weighted by molar-refractivity contribution is 7.47. The van der Waals surface area contributed by atoms with Crippen LogP contribution in [0.1, 0.15) is 213 Å². The van der Waals surface area contributed by atoms with Crippen molar-refractivity contribution in [2.75, 3.05) is 26.4 Å². The van der Waals surface area contributed by atoms with Crippen molar-refractivity contribution in [3.8, 4) is 0 Å². The first-order chi connectivity index (χ1) is 27.2. The maximum Gasteiger partial charge on any atom is 0.472 e. The fourth-order valence-corrected chi connectivity index (χ4v) is 7.15. The minimum atomic E-state index is -4.41. The molecule has 0 rings (SSSR count). The number of phosphoric acid groups is 1. The standard InChI is InChI=1S/C45H84NO9P/c1-3-5-7-9-11-12-13-14-15-16-17-18-19-20-21-22-24-28-32-36-44(48)52-40-43(41-54-56(50,51)53-39-38-46)55-45(49)37-33-29-25-27-31-35-42(47)34-30-26-23-10-8-6-4-2/h23,26,30,34,43H,3-22,24-25,27-29,31-33,35-41,46H2,1-2H3,(H,50,51)/b26-23-,34-30+/t43-/m1/s1. The quantitative estimate of drug-likeness (QED) is 0.0200. The Labute approximate surface area is 342 Å². The molecular weight excluding hydrogens is 729 g/mol. The highest BCUT2D eigenvalue weighted by Gasteiger charge is 2.26. The first kappa shape index (κ1) is 54.2. The van der Waals surface area contributed by atoms with Gasteiger partial charge in [0.25, 0.3) is 0 Å². The molecule has 56 heavy (non-hydrogen) atoms. The molecule has 0 fully saturated rings. The number of hydrogen-bond acceptors (Lipinski definition) is 9. The molecule has 2 atom stereocenters. The van der Waals surface area contributed by atoms with Crippen molar-refractivity contribution in [1.29, 1.82) is 0 Å². The summed E-state index contributed by atoms with van der Waals surface area (Å²) in [6.45, 7) is 3.57. The van der Waals surface area contributed by atoms with Crippen LogP contribution in [0, 0.1) is 0 Å². The van der Waals surface area contributed by atoms with Crippen molar-refractivity contribution in [2.45, 2.75) is 219 Å². The predicted octanol–water partition coefficient (Wildman–Crippen LogP) is 12.3. The van der Waals surface area contributed by atoms with E-state index in [9.17, 15) is 23.8 Å².